The molecule has 0 spiro atoms. The van der Waals surface area contributed by atoms with Gasteiger partial charge in [0, 0.05) is 21.1 Å². The van der Waals surface area contributed by atoms with E-state index < -0.39 is 0 Å². The Labute approximate surface area is 66.4 Å². The van der Waals surface area contributed by atoms with Gasteiger partial charge in [0.05, 0.1) is 0 Å². The van der Waals surface area contributed by atoms with Gasteiger partial charge in [0.15, 0.2) is 0 Å². The molecule has 0 bridgehead atoms. The zero-order valence-corrected chi connectivity index (χ0v) is 5.42. The van der Waals surface area contributed by atoms with Gasteiger partial charge in [-0.2, -0.15) is 27.0 Å². The number of hydrogen-bond acceptors (Lipinski definition) is 0. The quantitative estimate of drug-likeness (QED) is 0.435. The van der Waals surface area contributed by atoms with Gasteiger partial charge in [-0.1, -0.05) is 0 Å². The first-order valence-electron chi connectivity index (χ1n) is 0. The van der Waals surface area contributed by atoms with E-state index in [1.54, 1.807) is 0 Å². The van der Waals surface area contributed by atoms with Crippen LogP contribution in [0.3, 0.4) is 0 Å². The molecule has 0 heterocycles. The standard InChI is InChI=1S/Li.Mo.2H2S.H/h;;2*1H2;. The smallest absolute Gasteiger partial charge is 0 e. The van der Waals surface area contributed by atoms with Crippen LogP contribution in [-0.2, 0) is 21.1 Å². The second-order valence-electron chi connectivity index (χ2n) is 0. The van der Waals surface area contributed by atoms with Crippen LogP contribution in [0.4, 0.5) is 0 Å². The number of hydrogen-bond donors (Lipinski definition) is 0. The molecule has 0 nitrogen and oxygen atoms in total. The van der Waals surface area contributed by atoms with Crippen LogP contribution in [0.1, 0.15) is 0 Å². The van der Waals surface area contributed by atoms with Gasteiger partial charge in [-0.15, -0.1) is 0 Å². The van der Waals surface area contributed by atoms with E-state index in [0.717, 1.165) is 0 Å². The molecule has 24 valence electrons. The van der Waals surface area contributed by atoms with Gasteiger partial charge in [0.1, 0.15) is 0 Å². The van der Waals surface area contributed by atoms with Crippen LogP contribution in [0.2, 0.25) is 0 Å². The summed E-state index contributed by atoms with van der Waals surface area (Å²) in [4.78, 5) is 0. The average molecular weight is 172 g/mol. The Morgan fingerprint density at radius 3 is 0.750 bits per heavy atom. The summed E-state index contributed by atoms with van der Waals surface area (Å²) < 4.78 is 0. The maximum absolute atomic E-state index is 0. The van der Waals surface area contributed by atoms with Gasteiger partial charge in [0.2, 0.25) is 0 Å². The Bertz CT molecular complexity index is 6.00. The molecule has 0 saturated carbocycles. The fourth-order valence-corrected chi connectivity index (χ4v) is 0. The number of rotatable bonds is 0. The zero-order valence-electron chi connectivity index (χ0n) is 1.41. The summed E-state index contributed by atoms with van der Waals surface area (Å²) in [6.45, 7) is 0. The Morgan fingerprint density at radius 2 is 0.750 bits per heavy atom. The van der Waals surface area contributed by atoms with E-state index in [1.807, 2.05) is 0 Å². The van der Waals surface area contributed by atoms with E-state index in [-0.39, 0.29) is 66.9 Å². The maximum Gasteiger partial charge on any atom is 0 e. The van der Waals surface area contributed by atoms with Crippen molar-refractivity contribution in [2.45, 2.75) is 0 Å². The van der Waals surface area contributed by atoms with Gasteiger partial charge < -0.3 is 0 Å². The third kappa shape index (κ3) is 9.01. The first kappa shape index (κ1) is 37.7. The van der Waals surface area contributed by atoms with Crippen molar-refractivity contribution in [3.8, 4) is 0 Å². The third-order valence-electron chi connectivity index (χ3n) is 0. The predicted molar refractivity (Wildman–Crippen MR) is 27.9 cm³/mol. The van der Waals surface area contributed by atoms with Crippen LogP contribution in [0.5, 0.6) is 0 Å². The van der Waals surface area contributed by atoms with Crippen LogP contribution in [0.25, 0.3) is 0 Å². The van der Waals surface area contributed by atoms with Crippen LogP contribution >= 0.6 is 27.0 Å². The van der Waals surface area contributed by atoms with Crippen molar-refractivity contribution >= 4 is 45.9 Å². The van der Waals surface area contributed by atoms with Crippen molar-refractivity contribution in [1.82, 2.24) is 0 Å². The zero-order chi connectivity index (χ0) is 0. The molecule has 0 amide bonds. The van der Waals surface area contributed by atoms with Crippen LogP contribution in [0, 0.1) is 0 Å². The third-order valence-corrected chi connectivity index (χ3v) is 0. The van der Waals surface area contributed by atoms with Crippen molar-refractivity contribution in [1.29, 1.82) is 0 Å². The topological polar surface area (TPSA) is 0 Å². The summed E-state index contributed by atoms with van der Waals surface area (Å²) in [5.41, 5.74) is 0. The molecule has 0 radical (unpaired) electrons. The van der Waals surface area contributed by atoms with Crippen LogP contribution in [-0.4, -0.2) is 18.9 Å². The SMILES string of the molecule is S.S.[LiH].[Mo]. The molecule has 0 saturated heterocycles. The minimum absolute atomic E-state index is 0. The largest absolute Gasteiger partial charge is 0 e. The molecule has 0 unspecified atom stereocenters. The molecule has 0 aromatic heterocycles. The minimum Gasteiger partial charge on any atom is 0 e. The average Bonchev–Trinajstić information content (AvgIpc) is 0. The molecule has 0 aliphatic carbocycles. The van der Waals surface area contributed by atoms with Crippen LogP contribution < -0.4 is 0 Å². The molecule has 0 fully saturated rings. The van der Waals surface area contributed by atoms with E-state index in [0.29, 0.717) is 0 Å². The normalized spacial score (nSPS) is 0. The van der Waals surface area contributed by atoms with Gasteiger partial charge in [0.25, 0.3) is 0 Å². The second kappa shape index (κ2) is 20.1. The first-order valence-corrected chi connectivity index (χ1v) is 0. The molecule has 4 heteroatoms. The first-order chi connectivity index (χ1) is 0. The Hall–Kier alpha value is 1.99. The van der Waals surface area contributed by atoms with Gasteiger partial charge in [-0.3, -0.25) is 0 Å². The Morgan fingerprint density at radius 1 is 0.750 bits per heavy atom. The Kier molecular flexibility index (Phi) is 189. The molecule has 0 atom stereocenters. The minimum atomic E-state index is 0. The van der Waals surface area contributed by atoms with Crippen LogP contribution in [0.15, 0.2) is 0 Å². The molecular weight excluding hydrogens is 167 g/mol. The van der Waals surface area contributed by atoms with E-state index >= 15 is 0 Å². The summed E-state index contributed by atoms with van der Waals surface area (Å²) in [5, 5.41) is 0. The van der Waals surface area contributed by atoms with Gasteiger partial charge in [-0.25, -0.2) is 0 Å². The van der Waals surface area contributed by atoms with Crippen molar-refractivity contribution in [3.63, 3.8) is 0 Å². The van der Waals surface area contributed by atoms with E-state index in [1.165, 1.54) is 0 Å². The summed E-state index contributed by atoms with van der Waals surface area (Å²) >= 11 is 0. The summed E-state index contributed by atoms with van der Waals surface area (Å²) in [6, 6.07) is 0. The van der Waals surface area contributed by atoms with E-state index in [2.05, 4.69) is 0 Å². The molecule has 4 heavy (non-hydrogen) atoms. The molecular formula is H5LiMoS2. The molecule has 0 aromatic rings. The summed E-state index contributed by atoms with van der Waals surface area (Å²) in [7, 11) is 0. The van der Waals surface area contributed by atoms with E-state index in [9.17, 15) is 0 Å². The monoisotopic (exact) mass is 174 g/mol. The van der Waals surface area contributed by atoms with Gasteiger partial charge >= 0.3 is 18.9 Å². The molecule has 0 rings (SSSR count). The molecule has 0 N–H and O–H groups in total. The Balaban J connectivity index is 0. The maximum atomic E-state index is 0. The molecule has 0 aliphatic rings. The fraction of sp³-hybridized carbons (Fsp3) is 0. The second-order valence-corrected chi connectivity index (χ2v) is 0. The molecule has 0 aliphatic heterocycles. The fourth-order valence-electron chi connectivity index (χ4n) is 0. The van der Waals surface area contributed by atoms with Crippen molar-refractivity contribution in [3.05, 3.63) is 0 Å². The van der Waals surface area contributed by atoms with Gasteiger partial charge in [-0.05, 0) is 0 Å². The summed E-state index contributed by atoms with van der Waals surface area (Å²) in [5.74, 6) is 0. The molecule has 0 aromatic carbocycles. The summed E-state index contributed by atoms with van der Waals surface area (Å²) in [6.07, 6.45) is 0. The predicted octanol–water partition coefficient (Wildman–Crippen LogP) is -0.425. The van der Waals surface area contributed by atoms with Crippen molar-refractivity contribution in [2.24, 2.45) is 0 Å². The van der Waals surface area contributed by atoms with Crippen molar-refractivity contribution < 1.29 is 21.1 Å². The van der Waals surface area contributed by atoms with E-state index in [4.69, 9.17) is 0 Å². The van der Waals surface area contributed by atoms with Crippen molar-refractivity contribution in [2.75, 3.05) is 0 Å².